The average molecular weight is 330 g/mol. The van der Waals surface area contributed by atoms with Gasteiger partial charge in [0.15, 0.2) is 6.10 Å². The molecule has 0 fully saturated rings. The van der Waals surface area contributed by atoms with Crippen LogP contribution in [0.4, 0.5) is 5.69 Å². The Morgan fingerprint density at radius 1 is 1.04 bits per heavy atom. The van der Waals surface area contributed by atoms with Crippen molar-refractivity contribution in [1.29, 1.82) is 0 Å². The van der Waals surface area contributed by atoms with E-state index in [1.54, 1.807) is 30.3 Å². The van der Waals surface area contributed by atoms with Crippen molar-refractivity contribution < 1.29 is 24.7 Å². The summed E-state index contributed by atoms with van der Waals surface area (Å²) in [4.78, 5) is 33.3. The number of nitro benzene ring substituents is 1. The number of nitrogens with one attached hydrogen (secondary N) is 1. The molecule has 8 nitrogen and oxygen atoms in total. The standard InChI is InChI=1S/C16H14N2O6/c19-14(16(21)22)13(10-4-2-1-3-5-10)17-15(20)11-6-8-12(9-7-11)18(23)24/h1-9,13-14,19H,(H,17,20)(H,21,22)/t13-,14-/m0/s1. The van der Waals surface area contributed by atoms with Gasteiger partial charge in [0.25, 0.3) is 11.6 Å². The summed E-state index contributed by atoms with van der Waals surface area (Å²) >= 11 is 0. The van der Waals surface area contributed by atoms with Crippen molar-refractivity contribution in [2.45, 2.75) is 12.1 Å². The second-order valence-electron chi connectivity index (χ2n) is 4.95. The number of rotatable bonds is 6. The zero-order chi connectivity index (χ0) is 17.7. The van der Waals surface area contributed by atoms with E-state index >= 15 is 0 Å². The van der Waals surface area contributed by atoms with Gasteiger partial charge in [0.1, 0.15) is 0 Å². The molecule has 0 unspecified atom stereocenters. The van der Waals surface area contributed by atoms with Crippen molar-refractivity contribution in [1.82, 2.24) is 5.32 Å². The number of carboxylic acid groups (broad SMARTS) is 1. The molecule has 1 amide bonds. The van der Waals surface area contributed by atoms with Gasteiger partial charge < -0.3 is 15.5 Å². The zero-order valence-electron chi connectivity index (χ0n) is 12.3. The maximum Gasteiger partial charge on any atom is 0.335 e. The molecule has 0 saturated heterocycles. The van der Waals surface area contributed by atoms with Crippen LogP contribution in [0.2, 0.25) is 0 Å². The molecule has 3 N–H and O–H groups in total. The molecule has 8 heteroatoms. The van der Waals surface area contributed by atoms with Crippen LogP contribution in [0.25, 0.3) is 0 Å². The molecule has 0 aromatic heterocycles. The zero-order valence-corrected chi connectivity index (χ0v) is 12.3. The summed E-state index contributed by atoms with van der Waals surface area (Å²) in [5, 5.41) is 31.9. The van der Waals surface area contributed by atoms with E-state index in [9.17, 15) is 24.8 Å². The van der Waals surface area contributed by atoms with E-state index < -0.39 is 28.9 Å². The number of hydrogen-bond acceptors (Lipinski definition) is 5. The summed E-state index contributed by atoms with van der Waals surface area (Å²) in [5.41, 5.74) is 0.360. The maximum atomic E-state index is 12.3. The fourth-order valence-corrected chi connectivity index (χ4v) is 2.11. The molecule has 2 atom stereocenters. The lowest BCUT2D eigenvalue weighted by atomic mass is 10.0. The van der Waals surface area contributed by atoms with Crippen LogP contribution in [0.3, 0.4) is 0 Å². The van der Waals surface area contributed by atoms with E-state index in [-0.39, 0.29) is 11.3 Å². The van der Waals surface area contributed by atoms with Gasteiger partial charge in [-0.1, -0.05) is 30.3 Å². The summed E-state index contributed by atoms with van der Waals surface area (Å²) in [6.07, 6.45) is -1.84. The summed E-state index contributed by atoms with van der Waals surface area (Å²) in [5.74, 6) is -2.13. The Morgan fingerprint density at radius 3 is 2.12 bits per heavy atom. The second-order valence-corrected chi connectivity index (χ2v) is 4.95. The Bertz CT molecular complexity index is 745. The van der Waals surface area contributed by atoms with Crippen LogP contribution in [-0.2, 0) is 4.79 Å². The molecule has 0 aliphatic carbocycles. The van der Waals surface area contributed by atoms with Gasteiger partial charge in [-0.05, 0) is 17.7 Å². The molecule has 0 saturated carbocycles. The summed E-state index contributed by atoms with van der Waals surface area (Å²) in [6, 6.07) is 11.8. The second kappa shape index (κ2) is 7.34. The van der Waals surface area contributed by atoms with Crippen molar-refractivity contribution in [2.75, 3.05) is 0 Å². The minimum absolute atomic E-state index is 0.110. The van der Waals surface area contributed by atoms with Crippen molar-refractivity contribution in [3.8, 4) is 0 Å². The lowest BCUT2D eigenvalue weighted by Gasteiger charge is -2.22. The first-order valence-electron chi connectivity index (χ1n) is 6.91. The number of aliphatic hydroxyl groups is 1. The number of aliphatic carboxylic acids is 1. The van der Waals surface area contributed by atoms with Crippen molar-refractivity contribution >= 4 is 17.6 Å². The maximum absolute atomic E-state index is 12.3. The van der Waals surface area contributed by atoms with Gasteiger partial charge in [0, 0.05) is 17.7 Å². The first-order valence-corrected chi connectivity index (χ1v) is 6.91. The molecule has 0 bridgehead atoms. The lowest BCUT2D eigenvalue weighted by Crippen LogP contribution is -2.40. The number of benzene rings is 2. The number of carboxylic acids is 1. The molecule has 24 heavy (non-hydrogen) atoms. The predicted molar refractivity (Wildman–Crippen MR) is 83.4 cm³/mol. The van der Waals surface area contributed by atoms with Crippen LogP contribution in [0.5, 0.6) is 0 Å². The molecule has 124 valence electrons. The molecular weight excluding hydrogens is 316 g/mol. The third-order valence-electron chi connectivity index (χ3n) is 3.35. The minimum atomic E-state index is -1.84. The van der Waals surface area contributed by atoms with Gasteiger partial charge in [0.05, 0.1) is 11.0 Å². The fourth-order valence-electron chi connectivity index (χ4n) is 2.11. The fraction of sp³-hybridized carbons (Fsp3) is 0.125. The Hall–Kier alpha value is -3.26. The van der Waals surface area contributed by atoms with Crippen molar-refractivity contribution in [3.63, 3.8) is 0 Å². The first kappa shape index (κ1) is 17.1. The molecule has 2 aromatic rings. The summed E-state index contributed by atoms with van der Waals surface area (Å²) in [6.45, 7) is 0. The molecular formula is C16H14N2O6. The van der Waals surface area contributed by atoms with Crippen molar-refractivity contribution in [3.05, 3.63) is 75.8 Å². The van der Waals surface area contributed by atoms with E-state index in [0.717, 1.165) is 0 Å². The van der Waals surface area contributed by atoms with E-state index in [1.807, 2.05) is 0 Å². The van der Waals surface area contributed by atoms with E-state index in [4.69, 9.17) is 5.11 Å². The number of carbonyl (C=O) groups is 2. The van der Waals surface area contributed by atoms with Crippen LogP contribution >= 0.6 is 0 Å². The lowest BCUT2D eigenvalue weighted by molar-refractivity contribution is -0.384. The van der Waals surface area contributed by atoms with Crippen LogP contribution < -0.4 is 5.32 Å². The normalized spacial score (nSPS) is 12.9. The molecule has 0 radical (unpaired) electrons. The Balaban J connectivity index is 2.24. The quantitative estimate of drug-likeness (QED) is 0.544. The number of hydrogen-bond donors (Lipinski definition) is 3. The molecule has 0 spiro atoms. The van der Waals surface area contributed by atoms with Gasteiger partial charge in [-0.3, -0.25) is 14.9 Å². The number of nitrogens with zero attached hydrogens (tertiary/aromatic N) is 1. The highest BCUT2D eigenvalue weighted by Gasteiger charge is 2.29. The van der Waals surface area contributed by atoms with Crippen LogP contribution in [0.15, 0.2) is 54.6 Å². The van der Waals surface area contributed by atoms with Gasteiger partial charge in [-0.2, -0.15) is 0 Å². The van der Waals surface area contributed by atoms with Crippen LogP contribution in [0, 0.1) is 10.1 Å². The Kier molecular flexibility index (Phi) is 5.23. The number of nitro groups is 1. The van der Waals surface area contributed by atoms with Crippen LogP contribution in [-0.4, -0.2) is 33.1 Å². The Morgan fingerprint density at radius 2 is 1.62 bits per heavy atom. The SMILES string of the molecule is O=C(N[C@@H](c1ccccc1)[C@H](O)C(=O)O)c1ccc([N+](=O)[O-])cc1. The smallest absolute Gasteiger partial charge is 0.335 e. The highest BCUT2D eigenvalue weighted by atomic mass is 16.6. The molecule has 0 heterocycles. The molecule has 2 aromatic carbocycles. The topological polar surface area (TPSA) is 130 Å². The van der Waals surface area contributed by atoms with E-state index in [2.05, 4.69) is 5.32 Å². The average Bonchev–Trinajstić information content (AvgIpc) is 2.59. The van der Waals surface area contributed by atoms with Gasteiger partial charge >= 0.3 is 5.97 Å². The third-order valence-corrected chi connectivity index (χ3v) is 3.35. The third kappa shape index (κ3) is 3.93. The van der Waals surface area contributed by atoms with Gasteiger partial charge in [-0.25, -0.2) is 4.79 Å². The number of carbonyl (C=O) groups excluding carboxylic acids is 1. The number of non-ortho nitro benzene ring substituents is 1. The number of amides is 1. The van der Waals surface area contributed by atoms with Crippen LogP contribution in [0.1, 0.15) is 22.0 Å². The molecule has 0 aliphatic heterocycles. The predicted octanol–water partition coefficient (Wildman–Crippen LogP) is 1.51. The Labute approximate surface area is 136 Å². The van der Waals surface area contributed by atoms with Gasteiger partial charge in [-0.15, -0.1) is 0 Å². The highest BCUT2D eigenvalue weighted by molar-refractivity contribution is 5.95. The first-order chi connectivity index (χ1) is 11.4. The summed E-state index contributed by atoms with van der Waals surface area (Å²) < 4.78 is 0. The highest BCUT2D eigenvalue weighted by Crippen LogP contribution is 2.19. The molecule has 2 rings (SSSR count). The van der Waals surface area contributed by atoms with Gasteiger partial charge in [0.2, 0.25) is 0 Å². The monoisotopic (exact) mass is 330 g/mol. The summed E-state index contributed by atoms with van der Waals surface area (Å²) in [7, 11) is 0. The van der Waals surface area contributed by atoms with E-state index in [1.165, 1.54) is 24.3 Å². The minimum Gasteiger partial charge on any atom is -0.479 e. The van der Waals surface area contributed by atoms with Crippen molar-refractivity contribution in [2.24, 2.45) is 0 Å². The molecule has 0 aliphatic rings. The number of aliphatic hydroxyl groups excluding tert-OH is 1. The largest absolute Gasteiger partial charge is 0.479 e. The van der Waals surface area contributed by atoms with E-state index in [0.29, 0.717) is 5.56 Å².